The first-order valence-corrected chi connectivity index (χ1v) is 4.71. The Balaban J connectivity index is 3.09. The first-order chi connectivity index (χ1) is 7.56. The standard InChI is InChI=1S/C11H14N2O3/c1-13(2)11(15)8(7-10(14)16-3)9-5-4-6-12-9/h4-7,12H,1-3H3/b8-7-. The number of nitrogens with one attached hydrogen (secondary N) is 1. The van der Waals surface area contributed by atoms with E-state index in [4.69, 9.17) is 0 Å². The number of carbonyl (C=O) groups is 2. The van der Waals surface area contributed by atoms with Gasteiger partial charge in [0.05, 0.1) is 18.4 Å². The number of H-pyrrole nitrogens is 1. The van der Waals surface area contributed by atoms with Crippen LogP contribution < -0.4 is 0 Å². The number of amides is 1. The highest BCUT2D eigenvalue weighted by molar-refractivity contribution is 6.22. The number of methoxy groups -OCH3 is 1. The van der Waals surface area contributed by atoms with Crippen molar-refractivity contribution in [3.8, 4) is 0 Å². The second-order valence-corrected chi connectivity index (χ2v) is 3.36. The van der Waals surface area contributed by atoms with Crippen LogP contribution in [0.3, 0.4) is 0 Å². The number of esters is 1. The lowest BCUT2D eigenvalue weighted by atomic mass is 10.1. The smallest absolute Gasteiger partial charge is 0.331 e. The number of hydrogen-bond donors (Lipinski definition) is 1. The van der Waals surface area contributed by atoms with E-state index in [9.17, 15) is 9.59 Å². The molecule has 5 heteroatoms. The van der Waals surface area contributed by atoms with Gasteiger partial charge in [-0.25, -0.2) is 4.79 Å². The number of likely N-dealkylation sites (N-methyl/N-ethyl adjacent to an activating group) is 1. The topological polar surface area (TPSA) is 62.4 Å². The highest BCUT2D eigenvalue weighted by Gasteiger charge is 2.16. The summed E-state index contributed by atoms with van der Waals surface area (Å²) in [5.74, 6) is -0.812. The van der Waals surface area contributed by atoms with Crippen molar-refractivity contribution in [1.82, 2.24) is 9.88 Å². The number of hydrogen-bond acceptors (Lipinski definition) is 3. The predicted octanol–water partition coefficient (Wildman–Crippen LogP) is 0.659. The largest absolute Gasteiger partial charge is 0.466 e. The normalized spacial score (nSPS) is 11.1. The van der Waals surface area contributed by atoms with Crippen LogP contribution >= 0.6 is 0 Å². The molecule has 86 valence electrons. The van der Waals surface area contributed by atoms with Gasteiger partial charge in [0.25, 0.3) is 5.91 Å². The molecule has 1 aromatic rings. The zero-order valence-corrected chi connectivity index (χ0v) is 9.48. The van der Waals surface area contributed by atoms with Crippen LogP contribution in [-0.4, -0.2) is 43.0 Å². The minimum atomic E-state index is -0.556. The maximum atomic E-state index is 11.8. The Morgan fingerprint density at radius 3 is 2.56 bits per heavy atom. The van der Waals surface area contributed by atoms with E-state index >= 15 is 0 Å². The molecule has 0 saturated carbocycles. The molecule has 0 radical (unpaired) electrons. The lowest BCUT2D eigenvalue weighted by Gasteiger charge is -2.12. The van der Waals surface area contributed by atoms with Gasteiger partial charge < -0.3 is 14.6 Å². The molecule has 0 bridgehead atoms. The van der Waals surface area contributed by atoms with Crippen LogP contribution in [0.1, 0.15) is 5.69 Å². The average Bonchev–Trinajstić information content (AvgIpc) is 2.77. The van der Waals surface area contributed by atoms with Gasteiger partial charge >= 0.3 is 5.97 Å². The molecule has 5 nitrogen and oxygen atoms in total. The lowest BCUT2D eigenvalue weighted by Crippen LogP contribution is -2.23. The molecule has 1 rings (SSSR count). The summed E-state index contributed by atoms with van der Waals surface area (Å²) in [5, 5.41) is 0. The van der Waals surface area contributed by atoms with Gasteiger partial charge in [-0.2, -0.15) is 0 Å². The highest BCUT2D eigenvalue weighted by Crippen LogP contribution is 2.14. The van der Waals surface area contributed by atoms with E-state index in [1.54, 1.807) is 32.4 Å². The zero-order chi connectivity index (χ0) is 12.1. The average molecular weight is 222 g/mol. The molecule has 1 heterocycles. The van der Waals surface area contributed by atoms with E-state index in [0.717, 1.165) is 0 Å². The molecular weight excluding hydrogens is 208 g/mol. The Labute approximate surface area is 93.7 Å². The number of aromatic amines is 1. The second-order valence-electron chi connectivity index (χ2n) is 3.36. The molecule has 1 amide bonds. The van der Waals surface area contributed by atoms with E-state index in [1.165, 1.54) is 18.1 Å². The van der Waals surface area contributed by atoms with Crippen LogP contribution in [0.25, 0.3) is 5.57 Å². The van der Waals surface area contributed by atoms with E-state index in [-0.39, 0.29) is 11.5 Å². The number of nitrogens with zero attached hydrogens (tertiary/aromatic N) is 1. The van der Waals surface area contributed by atoms with Crippen LogP contribution in [0, 0.1) is 0 Å². The first kappa shape index (κ1) is 12.0. The van der Waals surface area contributed by atoms with Crippen LogP contribution in [0.5, 0.6) is 0 Å². The molecular formula is C11H14N2O3. The third kappa shape index (κ3) is 2.73. The van der Waals surface area contributed by atoms with E-state index in [0.29, 0.717) is 5.69 Å². The molecule has 16 heavy (non-hydrogen) atoms. The molecule has 0 spiro atoms. The van der Waals surface area contributed by atoms with Gasteiger partial charge in [-0.3, -0.25) is 4.79 Å². The maximum absolute atomic E-state index is 11.8. The summed E-state index contributed by atoms with van der Waals surface area (Å²) < 4.78 is 4.51. The van der Waals surface area contributed by atoms with E-state index in [1.807, 2.05) is 0 Å². The molecule has 0 fully saturated rings. The van der Waals surface area contributed by atoms with Gasteiger partial charge in [0.2, 0.25) is 0 Å². The summed E-state index contributed by atoms with van der Waals surface area (Å²) in [5.41, 5.74) is 0.867. The molecule has 0 unspecified atom stereocenters. The summed E-state index contributed by atoms with van der Waals surface area (Å²) in [6, 6.07) is 3.47. The fourth-order valence-corrected chi connectivity index (χ4v) is 1.17. The summed E-state index contributed by atoms with van der Waals surface area (Å²) in [6.45, 7) is 0. The van der Waals surface area contributed by atoms with E-state index < -0.39 is 5.97 Å². The van der Waals surface area contributed by atoms with Gasteiger partial charge in [-0.15, -0.1) is 0 Å². The lowest BCUT2D eigenvalue weighted by molar-refractivity contribution is -0.135. The molecule has 0 aromatic carbocycles. The number of ether oxygens (including phenoxy) is 1. The van der Waals surface area contributed by atoms with Crippen LogP contribution in [-0.2, 0) is 14.3 Å². The minimum Gasteiger partial charge on any atom is -0.466 e. The van der Waals surface area contributed by atoms with Crippen LogP contribution in [0.15, 0.2) is 24.4 Å². The Morgan fingerprint density at radius 1 is 1.44 bits per heavy atom. The Kier molecular flexibility index (Phi) is 3.88. The summed E-state index contributed by atoms with van der Waals surface area (Å²) in [7, 11) is 4.51. The van der Waals surface area contributed by atoms with E-state index in [2.05, 4.69) is 9.72 Å². The van der Waals surface area contributed by atoms with Crippen molar-refractivity contribution < 1.29 is 14.3 Å². The third-order valence-corrected chi connectivity index (χ3v) is 1.99. The Bertz CT molecular complexity index is 405. The maximum Gasteiger partial charge on any atom is 0.331 e. The first-order valence-electron chi connectivity index (χ1n) is 4.71. The van der Waals surface area contributed by atoms with Crippen molar-refractivity contribution in [2.75, 3.05) is 21.2 Å². The summed E-state index contributed by atoms with van der Waals surface area (Å²) in [4.78, 5) is 27.3. The van der Waals surface area contributed by atoms with Crippen molar-refractivity contribution in [3.63, 3.8) is 0 Å². The summed E-state index contributed by atoms with van der Waals surface area (Å²) in [6.07, 6.45) is 2.86. The molecule has 0 aliphatic carbocycles. The van der Waals surface area contributed by atoms with Crippen molar-refractivity contribution >= 4 is 17.4 Å². The Hall–Kier alpha value is -2.04. The van der Waals surface area contributed by atoms with Crippen LogP contribution in [0.2, 0.25) is 0 Å². The van der Waals surface area contributed by atoms with Gasteiger partial charge in [0.15, 0.2) is 0 Å². The fraction of sp³-hybridized carbons (Fsp3) is 0.273. The van der Waals surface area contributed by atoms with Gasteiger partial charge in [0, 0.05) is 26.4 Å². The summed E-state index contributed by atoms with van der Waals surface area (Å²) >= 11 is 0. The van der Waals surface area contributed by atoms with Crippen molar-refractivity contribution in [1.29, 1.82) is 0 Å². The minimum absolute atomic E-state index is 0.257. The van der Waals surface area contributed by atoms with Gasteiger partial charge in [-0.1, -0.05) is 0 Å². The Morgan fingerprint density at radius 2 is 2.12 bits per heavy atom. The SMILES string of the molecule is COC(=O)/C=C(\C(=O)N(C)C)c1ccc[nH]1. The number of carbonyl (C=O) groups excluding carboxylic acids is 2. The highest BCUT2D eigenvalue weighted by atomic mass is 16.5. The molecule has 1 aromatic heterocycles. The van der Waals surface area contributed by atoms with Crippen molar-refractivity contribution in [3.05, 3.63) is 30.1 Å². The fourth-order valence-electron chi connectivity index (χ4n) is 1.17. The molecule has 0 saturated heterocycles. The molecule has 0 atom stereocenters. The molecule has 0 aliphatic heterocycles. The third-order valence-electron chi connectivity index (χ3n) is 1.99. The predicted molar refractivity (Wildman–Crippen MR) is 59.5 cm³/mol. The molecule has 1 N–H and O–H groups in total. The van der Waals surface area contributed by atoms with Crippen LogP contribution in [0.4, 0.5) is 0 Å². The number of rotatable bonds is 3. The van der Waals surface area contributed by atoms with Crippen molar-refractivity contribution in [2.45, 2.75) is 0 Å². The quantitative estimate of drug-likeness (QED) is 0.603. The van der Waals surface area contributed by atoms with Gasteiger partial charge in [-0.05, 0) is 12.1 Å². The zero-order valence-electron chi connectivity index (χ0n) is 9.48. The van der Waals surface area contributed by atoms with Gasteiger partial charge in [0.1, 0.15) is 0 Å². The monoisotopic (exact) mass is 222 g/mol. The van der Waals surface area contributed by atoms with Crippen molar-refractivity contribution in [2.24, 2.45) is 0 Å². The molecule has 0 aliphatic rings. The second kappa shape index (κ2) is 5.16. The number of aromatic nitrogens is 1.